The number of hydrogen-bond donors (Lipinski definition) is 1. The number of amides is 1. The SMILES string of the molecule is CC(C)(C)OC(=O)N1CC2N=C(c3nn(COCC[Si](C)(C)C)c4cc(Br)ccc34)NC2C1. The number of fused-ring (bicyclic) bond motifs is 2. The molecule has 3 heterocycles. The van der Waals surface area contributed by atoms with E-state index >= 15 is 0 Å². The second-order valence-corrected chi connectivity index (χ2v) is 17.6. The van der Waals surface area contributed by atoms with Gasteiger partial charge in [0.2, 0.25) is 0 Å². The third-order valence-corrected chi connectivity index (χ3v) is 7.90. The van der Waals surface area contributed by atoms with Crippen LogP contribution >= 0.6 is 15.9 Å². The molecule has 8 nitrogen and oxygen atoms in total. The Morgan fingerprint density at radius 1 is 1.27 bits per heavy atom. The van der Waals surface area contributed by atoms with Crippen molar-refractivity contribution >= 4 is 46.8 Å². The molecule has 180 valence electrons. The minimum Gasteiger partial charge on any atom is -0.444 e. The maximum absolute atomic E-state index is 12.4. The molecular formula is C23H34BrN5O3Si. The average Bonchev–Trinajstić information content (AvgIpc) is 3.34. The third-order valence-electron chi connectivity index (χ3n) is 5.71. The van der Waals surface area contributed by atoms with Crippen LogP contribution in [0.5, 0.6) is 0 Å². The Bertz CT molecular complexity index is 1070. The van der Waals surface area contributed by atoms with Crippen molar-refractivity contribution in [1.29, 1.82) is 0 Å². The monoisotopic (exact) mass is 535 g/mol. The van der Waals surface area contributed by atoms with Crippen molar-refractivity contribution in [2.75, 3.05) is 19.7 Å². The van der Waals surface area contributed by atoms with Crippen LogP contribution in [0.15, 0.2) is 27.7 Å². The molecule has 1 amide bonds. The van der Waals surface area contributed by atoms with Crippen LogP contribution in [0.1, 0.15) is 26.5 Å². The van der Waals surface area contributed by atoms with Gasteiger partial charge in [-0.2, -0.15) is 5.10 Å². The maximum Gasteiger partial charge on any atom is 0.410 e. The molecule has 2 aromatic rings. The van der Waals surface area contributed by atoms with Gasteiger partial charge >= 0.3 is 6.09 Å². The first kappa shape index (κ1) is 24.2. The maximum atomic E-state index is 12.4. The molecule has 10 heteroatoms. The van der Waals surface area contributed by atoms with Gasteiger partial charge in [0.1, 0.15) is 18.0 Å². The smallest absolute Gasteiger partial charge is 0.410 e. The molecule has 1 fully saturated rings. The molecule has 33 heavy (non-hydrogen) atoms. The quantitative estimate of drug-likeness (QED) is 0.436. The van der Waals surface area contributed by atoms with E-state index in [2.05, 4.69) is 53.0 Å². The summed E-state index contributed by atoms with van der Waals surface area (Å²) in [5, 5.41) is 9.39. The lowest BCUT2D eigenvalue weighted by atomic mass is 10.2. The molecule has 1 aromatic heterocycles. The predicted octanol–water partition coefficient (Wildman–Crippen LogP) is 4.45. The van der Waals surface area contributed by atoms with E-state index in [0.29, 0.717) is 19.8 Å². The number of aromatic nitrogens is 2. The Morgan fingerprint density at radius 3 is 2.70 bits per heavy atom. The first-order chi connectivity index (χ1) is 15.4. The molecule has 2 aliphatic rings. The summed E-state index contributed by atoms with van der Waals surface area (Å²) in [6.07, 6.45) is -0.287. The number of likely N-dealkylation sites (tertiary alicyclic amines) is 1. The largest absolute Gasteiger partial charge is 0.444 e. The van der Waals surface area contributed by atoms with Gasteiger partial charge in [0.25, 0.3) is 0 Å². The number of halogens is 1. The zero-order valence-electron chi connectivity index (χ0n) is 20.3. The minimum absolute atomic E-state index is 0.00355. The van der Waals surface area contributed by atoms with Gasteiger partial charge in [-0.15, -0.1) is 0 Å². The number of rotatable bonds is 6. The molecule has 0 radical (unpaired) electrons. The fraction of sp³-hybridized carbons (Fsp3) is 0.609. The highest BCUT2D eigenvalue weighted by Crippen LogP contribution is 2.27. The fourth-order valence-electron chi connectivity index (χ4n) is 3.99. The minimum atomic E-state index is -1.14. The lowest BCUT2D eigenvalue weighted by molar-refractivity contribution is 0.0289. The molecule has 1 aromatic carbocycles. The summed E-state index contributed by atoms with van der Waals surface area (Å²) >= 11 is 3.58. The molecule has 0 saturated carbocycles. The number of ether oxygens (including phenoxy) is 2. The standard InChI is InChI=1S/C23H34BrN5O3Si/c1-23(2,3)32-22(30)28-12-17-18(13-28)26-21(25-17)20-16-8-7-15(24)11-19(16)29(27-20)14-31-9-10-33(4,5)6/h7-8,11,17-18H,9-10,12-14H2,1-6H3,(H,25,26). The first-order valence-corrected chi connectivity index (χ1v) is 16.0. The first-order valence-electron chi connectivity index (χ1n) is 11.5. The van der Waals surface area contributed by atoms with Gasteiger partial charge in [0.05, 0.1) is 17.6 Å². The summed E-state index contributed by atoms with van der Waals surface area (Å²) in [7, 11) is -1.14. The summed E-state index contributed by atoms with van der Waals surface area (Å²) < 4.78 is 14.4. The van der Waals surface area contributed by atoms with E-state index in [1.807, 2.05) is 31.5 Å². The van der Waals surface area contributed by atoms with Gasteiger partial charge in [-0.25, -0.2) is 9.48 Å². The molecule has 0 bridgehead atoms. The van der Waals surface area contributed by atoms with Gasteiger partial charge in [-0.05, 0) is 45.0 Å². The summed E-state index contributed by atoms with van der Waals surface area (Å²) in [4.78, 5) is 19.1. The van der Waals surface area contributed by atoms with E-state index in [0.717, 1.165) is 39.6 Å². The van der Waals surface area contributed by atoms with Crippen molar-refractivity contribution in [1.82, 2.24) is 20.0 Å². The summed E-state index contributed by atoms with van der Waals surface area (Å²) in [6, 6.07) is 7.33. The molecule has 2 atom stereocenters. The second kappa shape index (κ2) is 9.03. The Balaban J connectivity index is 1.50. The van der Waals surface area contributed by atoms with Crippen LogP contribution in [-0.2, 0) is 16.2 Å². The van der Waals surface area contributed by atoms with Crippen molar-refractivity contribution in [2.45, 2.75) is 70.9 Å². The van der Waals surface area contributed by atoms with Crippen molar-refractivity contribution in [2.24, 2.45) is 4.99 Å². The lowest BCUT2D eigenvalue weighted by Crippen LogP contribution is -2.39. The number of aliphatic imine (C=N–C) groups is 1. The summed E-state index contributed by atoms with van der Waals surface area (Å²) in [6.45, 7) is 14.9. The Morgan fingerprint density at radius 2 is 2.03 bits per heavy atom. The lowest BCUT2D eigenvalue weighted by Gasteiger charge is -2.24. The number of carbonyl (C=O) groups is 1. The predicted molar refractivity (Wildman–Crippen MR) is 137 cm³/mol. The fourth-order valence-corrected chi connectivity index (χ4v) is 5.10. The number of nitrogens with one attached hydrogen (secondary N) is 1. The summed E-state index contributed by atoms with van der Waals surface area (Å²) in [5.41, 5.74) is 1.32. The van der Waals surface area contributed by atoms with Crippen LogP contribution in [0.4, 0.5) is 4.79 Å². The number of hydrogen-bond acceptors (Lipinski definition) is 6. The molecule has 1 N–H and O–H groups in total. The van der Waals surface area contributed by atoms with Crippen LogP contribution in [0, 0.1) is 0 Å². The number of benzene rings is 1. The van der Waals surface area contributed by atoms with Crippen molar-refractivity contribution in [3.63, 3.8) is 0 Å². The van der Waals surface area contributed by atoms with Gasteiger partial charge in [0.15, 0.2) is 5.84 Å². The van der Waals surface area contributed by atoms with Crippen LogP contribution in [0.3, 0.4) is 0 Å². The van der Waals surface area contributed by atoms with E-state index in [-0.39, 0.29) is 18.2 Å². The van der Waals surface area contributed by atoms with Gasteiger partial charge in [0, 0.05) is 37.6 Å². The highest BCUT2D eigenvalue weighted by Gasteiger charge is 2.41. The van der Waals surface area contributed by atoms with Crippen LogP contribution in [-0.4, -0.2) is 72.1 Å². The molecule has 4 rings (SSSR count). The number of nitrogens with zero attached hydrogens (tertiary/aromatic N) is 4. The van der Waals surface area contributed by atoms with Gasteiger partial charge in [-0.1, -0.05) is 35.6 Å². The van der Waals surface area contributed by atoms with E-state index in [9.17, 15) is 4.79 Å². The molecule has 0 spiro atoms. The highest BCUT2D eigenvalue weighted by atomic mass is 79.9. The van der Waals surface area contributed by atoms with Crippen LogP contribution in [0.2, 0.25) is 25.7 Å². The van der Waals surface area contributed by atoms with Crippen molar-refractivity contribution in [3.05, 3.63) is 28.4 Å². The molecular weight excluding hydrogens is 502 g/mol. The third kappa shape index (κ3) is 5.78. The molecule has 0 aliphatic carbocycles. The highest BCUT2D eigenvalue weighted by molar-refractivity contribution is 9.10. The zero-order valence-corrected chi connectivity index (χ0v) is 22.9. The average molecular weight is 537 g/mol. The van der Waals surface area contributed by atoms with Crippen molar-refractivity contribution < 1.29 is 14.3 Å². The van der Waals surface area contributed by atoms with Gasteiger partial charge < -0.3 is 19.7 Å². The zero-order chi connectivity index (χ0) is 24.0. The normalized spacial score (nSPS) is 20.7. The van der Waals surface area contributed by atoms with E-state index in [1.54, 1.807) is 4.90 Å². The molecule has 2 unspecified atom stereocenters. The molecule has 1 saturated heterocycles. The van der Waals surface area contributed by atoms with Crippen molar-refractivity contribution in [3.8, 4) is 0 Å². The van der Waals surface area contributed by atoms with E-state index < -0.39 is 13.7 Å². The number of amidine groups is 1. The second-order valence-electron chi connectivity index (χ2n) is 11.0. The topological polar surface area (TPSA) is 81.0 Å². The van der Waals surface area contributed by atoms with E-state index in [1.165, 1.54) is 0 Å². The molecule has 2 aliphatic heterocycles. The van der Waals surface area contributed by atoms with E-state index in [4.69, 9.17) is 19.6 Å². The number of carbonyl (C=O) groups excluding carboxylic acids is 1. The van der Waals surface area contributed by atoms with Gasteiger partial charge in [-0.3, -0.25) is 4.99 Å². The Labute approximate surface area is 204 Å². The summed E-state index contributed by atoms with van der Waals surface area (Å²) in [5.74, 6) is 0.780. The Hall–Kier alpha value is -1.91. The van der Waals surface area contributed by atoms with Crippen LogP contribution in [0.25, 0.3) is 10.9 Å². The van der Waals surface area contributed by atoms with Crippen LogP contribution < -0.4 is 5.32 Å². The Kier molecular flexibility index (Phi) is 6.63.